The molecule has 2 rings (SSSR count). The zero-order valence-electron chi connectivity index (χ0n) is 10.7. The molecule has 0 N–H and O–H groups in total. The molecule has 0 saturated carbocycles. The maximum atomic E-state index is 9.17. The molecular weight excluding hydrogens is 281 g/mol. The normalized spacial score (nSPS) is 10.7. The molecule has 98 valence electrons. The second-order valence-corrected chi connectivity index (χ2v) is 5.33. The minimum atomic E-state index is 0.152. The Hall–Kier alpha value is -1.50. The van der Waals surface area contributed by atoms with Crippen LogP contribution in [0.25, 0.3) is 0 Å². The van der Waals surface area contributed by atoms with Crippen LogP contribution in [0.1, 0.15) is 36.6 Å². The van der Waals surface area contributed by atoms with E-state index in [1.807, 2.05) is 38.1 Å². The molecule has 0 radical (unpaired) electrons. The summed E-state index contributed by atoms with van der Waals surface area (Å²) in [6, 6.07) is 9.64. The molecule has 0 unspecified atom stereocenters. The zero-order valence-corrected chi connectivity index (χ0v) is 12.2. The Kier molecular flexibility index (Phi) is 4.14. The number of hydrogen-bond acceptors (Lipinski definition) is 2. The van der Waals surface area contributed by atoms with Crippen LogP contribution in [-0.4, -0.2) is 9.78 Å². The van der Waals surface area contributed by atoms with Gasteiger partial charge in [-0.15, -0.1) is 0 Å². The third-order valence-electron chi connectivity index (χ3n) is 2.85. The van der Waals surface area contributed by atoms with E-state index in [1.54, 1.807) is 4.68 Å². The highest BCUT2D eigenvalue weighted by Gasteiger charge is 2.18. The molecule has 1 aromatic heterocycles. The summed E-state index contributed by atoms with van der Waals surface area (Å²) in [5.74, 6) is 0.152. The van der Waals surface area contributed by atoms with E-state index in [-0.39, 0.29) is 5.92 Å². The summed E-state index contributed by atoms with van der Waals surface area (Å²) in [5.41, 5.74) is 2.09. The van der Waals surface area contributed by atoms with Crippen LogP contribution >= 0.6 is 23.2 Å². The minimum Gasteiger partial charge on any atom is -0.248 e. The summed E-state index contributed by atoms with van der Waals surface area (Å²) in [7, 11) is 0. The number of halogens is 2. The van der Waals surface area contributed by atoms with Crippen molar-refractivity contribution in [2.45, 2.75) is 26.3 Å². The first kappa shape index (κ1) is 13.9. The summed E-state index contributed by atoms with van der Waals surface area (Å²) in [4.78, 5) is 0. The first-order valence-corrected chi connectivity index (χ1v) is 6.70. The number of nitrogens with zero attached hydrogens (tertiary/aromatic N) is 3. The average Bonchev–Trinajstić information content (AvgIpc) is 2.69. The Bertz CT molecular complexity index is 639. The van der Waals surface area contributed by atoms with E-state index in [1.165, 1.54) is 0 Å². The molecule has 5 heteroatoms. The van der Waals surface area contributed by atoms with Crippen molar-refractivity contribution in [3.05, 3.63) is 51.3 Å². The molecule has 0 amide bonds. The van der Waals surface area contributed by atoms with E-state index in [0.29, 0.717) is 22.3 Å². The van der Waals surface area contributed by atoms with Gasteiger partial charge in [-0.2, -0.15) is 10.4 Å². The Morgan fingerprint density at radius 2 is 2.00 bits per heavy atom. The van der Waals surface area contributed by atoms with Crippen LogP contribution in [-0.2, 0) is 6.54 Å². The SMILES string of the molecule is CC(C)c1nn(Cc2ccccc2Cl)c(Cl)c1C#N. The topological polar surface area (TPSA) is 41.6 Å². The summed E-state index contributed by atoms with van der Waals surface area (Å²) < 4.78 is 1.62. The molecule has 1 aromatic carbocycles. The first-order valence-electron chi connectivity index (χ1n) is 5.94. The van der Waals surface area contributed by atoms with Gasteiger partial charge in [0.2, 0.25) is 0 Å². The Morgan fingerprint density at radius 1 is 1.32 bits per heavy atom. The van der Waals surface area contributed by atoms with Crippen molar-refractivity contribution >= 4 is 23.2 Å². The fraction of sp³-hybridized carbons (Fsp3) is 0.286. The van der Waals surface area contributed by atoms with Gasteiger partial charge in [-0.1, -0.05) is 55.2 Å². The molecule has 0 bridgehead atoms. The molecule has 0 aliphatic carbocycles. The van der Waals surface area contributed by atoms with Crippen molar-refractivity contribution in [2.75, 3.05) is 0 Å². The van der Waals surface area contributed by atoms with Crippen LogP contribution in [0.3, 0.4) is 0 Å². The van der Waals surface area contributed by atoms with Gasteiger partial charge in [-0.05, 0) is 17.5 Å². The van der Waals surface area contributed by atoms with E-state index in [4.69, 9.17) is 28.5 Å². The molecule has 0 saturated heterocycles. The lowest BCUT2D eigenvalue weighted by Gasteiger charge is -2.05. The van der Waals surface area contributed by atoms with Crippen LogP contribution in [0, 0.1) is 11.3 Å². The number of hydrogen-bond donors (Lipinski definition) is 0. The van der Waals surface area contributed by atoms with Crippen molar-refractivity contribution < 1.29 is 0 Å². The molecule has 1 heterocycles. The van der Waals surface area contributed by atoms with E-state index < -0.39 is 0 Å². The van der Waals surface area contributed by atoms with Crippen LogP contribution in [0.2, 0.25) is 10.2 Å². The summed E-state index contributed by atoms with van der Waals surface area (Å²) in [6.07, 6.45) is 0. The van der Waals surface area contributed by atoms with Crippen molar-refractivity contribution in [1.82, 2.24) is 9.78 Å². The van der Waals surface area contributed by atoms with Crippen LogP contribution in [0.4, 0.5) is 0 Å². The third kappa shape index (κ3) is 2.75. The number of nitriles is 1. The fourth-order valence-corrected chi connectivity index (χ4v) is 2.29. The van der Waals surface area contributed by atoms with Gasteiger partial charge in [0.1, 0.15) is 16.8 Å². The summed E-state index contributed by atoms with van der Waals surface area (Å²) in [5, 5.41) is 14.6. The Labute approximate surface area is 122 Å². The third-order valence-corrected chi connectivity index (χ3v) is 3.61. The molecule has 0 atom stereocenters. The van der Waals surface area contributed by atoms with Gasteiger partial charge < -0.3 is 0 Å². The van der Waals surface area contributed by atoms with Crippen molar-refractivity contribution in [3.63, 3.8) is 0 Å². The molecule has 0 aliphatic heterocycles. The van der Waals surface area contributed by atoms with Crippen LogP contribution < -0.4 is 0 Å². The van der Waals surface area contributed by atoms with Crippen LogP contribution in [0.15, 0.2) is 24.3 Å². The molecule has 19 heavy (non-hydrogen) atoms. The predicted octanol–water partition coefficient (Wildman–Crippen LogP) is 4.23. The number of aromatic nitrogens is 2. The highest BCUT2D eigenvalue weighted by atomic mass is 35.5. The summed E-state index contributed by atoms with van der Waals surface area (Å²) in [6.45, 7) is 4.43. The van der Waals surface area contributed by atoms with Gasteiger partial charge >= 0.3 is 0 Å². The molecular formula is C14H13Cl2N3. The van der Waals surface area contributed by atoms with Crippen molar-refractivity contribution in [2.24, 2.45) is 0 Å². The average molecular weight is 294 g/mol. The Morgan fingerprint density at radius 3 is 2.53 bits per heavy atom. The van der Waals surface area contributed by atoms with Gasteiger partial charge in [-0.25, -0.2) is 4.68 Å². The number of benzene rings is 1. The van der Waals surface area contributed by atoms with Gasteiger partial charge in [0, 0.05) is 5.02 Å². The highest BCUT2D eigenvalue weighted by molar-refractivity contribution is 6.31. The van der Waals surface area contributed by atoms with E-state index in [0.717, 1.165) is 11.3 Å². The van der Waals surface area contributed by atoms with Crippen LogP contribution in [0.5, 0.6) is 0 Å². The minimum absolute atomic E-state index is 0.152. The molecule has 0 aliphatic rings. The maximum absolute atomic E-state index is 9.17. The first-order chi connectivity index (χ1) is 9.04. The van der Waals surface area contributed by atoms with Crippen molar-refractivity contribution in [3.8, 4) is 6.07 Å². The van der Waals surface area contributed by atoms with E-state index in [2.05, 4.69) is 11.2 Å². The largest absolute Gasteiger partial charge is 0.248 e. The van der Waals surface area contributed by atoms with E-state index in [9.17, 15) is 0 Å². The lowest BCUT2D eigenvalue weighted by atomic mass is 10.1. The molecule has 0 spiro atoms. The Balaban J connectivity index is 2.42. The van der Waals surface area contributed by atoms with Gasteiger partial charge in [0.25, 0.3) is 0 Å². The standard InChI is InChI=1S/C14H13Cl2N3/c1-9(2)13-11(7-17)14(16)19(18-13)8-10-5-3-4-6-12(10)15/h3-6,9H,8H2,1-2H3. The predicted molar refractivity (Wildman–Crippen MR) is 76.6 cm³/mol. The van der Waals surface area contributed by atoms with E-state index >= 15 is 0 Å². The van der Waals surface area contributed by atoms with Gasteiger partial charge in [0.15, 0.2) is 0 Å². The molecule has 0 fully saturated rings. The lowest BCUT2D eigenvalue weighted by Crippen LogP contribution is -2.03. The monoisotopic (exact) mass is 293 g/mol. The molecule has 2 aromatic rings. The zero-order chi connectivity index (χ0) is 14.0. The second kappa shape index (κ2) is 5.64. The van der Waals surface area contributed by atoms with Crippen molar-refractivity contribution in [1.29, 1.82) is 5.26 Å². The molecule has 3 nitrogen and oxygen atoms in total. The smallest absolute Gasteiger partial charge is 0.145 e. The second-order valence-electron chi connectivity index (χ2n) is 4.57. The van der Waals surface area contributed by atoms with Gasteiger partial charge in [-0.3, -0.25) is 0 Å². The van der Waals surface area contributed by atoms with Gasteiger partial charge in [0.05, 0.1) is 12.2 Å². The highest BCUT2D eigenvalue weighted by Crippen LogP contribution is 2.26. The summed E-state index contributed by atoms with van der Waals surface area (Å²) >= 11 is 12.3. The number of rotatable bonds is 3. The maximum Gasteiger partial charge on any atom is 0.145 e. The fourth-order valence-electron chi connectivity index (χ4n) is 1.86. The quantitative estimate of drug-likeness (QED) is 0.850. The lowest BCUT2D eigenvalue weighted by molar-refractivity contribution is 0.658.